The lowest BCUT2D eigenvalue weighted by molar-refractivity contribution is -0.132. The minimum Gasteiger partial charge on any atom is -0.339 e. The summed E-state index contributed by atoms with van der Waals surface area (Å²) in [4.78, 5) is 25.8. The van der Waals surface area contributed by atoms with Gasteiger partial charge in [-0.15, -0.1) is 0 Å². The van der Waals surface area contributed by atoms with Crippen LogP contribution in [0.5, 0.6) is 0 Å². The molecule has 1 N–H and O–H groups in total. The number of hydrogen-bond donors (Lipinski definition) is 1. The van der Waals surface area contributed by atoms with E-state index in [9.17, 15) is 4.79 Å². The SMILES string of the molecule is O=C(C[C@H]1CCNC1)N1CCN(c2nccc(-c3ccccc3)n2)CC1. The molecule has 0 spiro atoms. The molecule has 26 heavy (non-hydrogen) atoms. The first kappa shape index (κ1) is 17.0. The fraction of sp³-hybridized carbons (Fsp3) is 0.450. The monoisotopic (exact) mass is 351 g/mol. The van der Waals surface area contributed by atoms with Gasteiger partial charge in [-0.2, -0.15) is 0 Å². The maximum atomic E-state index is 12.5. The van der Waals surface area contributed by atoms with Crippen molar-refractivity contribution in [3.63, 3.8) is 0 Å². The highest BCUT2D eigenvalue weighted by atomic mass is 16.2. The Morgan fingerprint density at radius 2 is 1.92 bits per heavy atom. The summed E-state index contributed by atoms with van der Waals surface area (Å²) in [6.07, 6.45) is 3.61. The van der Waals surface area contributed by atoms with Gasteiger partial charge in [0.25, 0.3) is 0 Å². The van der Waals surface area contributed by atoms with Crippen molar-refractivity contribution in [3.05, 3.63) is 42.6 Å². The summed E-state index contributed by atoms with van der Waals surface area (Å²) in [6.45, 7) is 5.09. The molecule has 2 fully saturated rings. The zero-order valence-electron chi connectivity index (χ0n) is 15.0. The largest absolute Gasteiger partial charge is 0.339 e. The van der Waals surface area contributed by atoms with Crippen LogP contribution in [0.25, 0.3) is 11.3 Å². The average Bonchev–Trinajstić information content (AvgIpc) is 3.22. The van der Waals surface area contributed by atoms with Gasteiger partial charge in [0, 0.05) is 44.4 Å². The van der Waals surface area contributed by atoms with Crippen LogP contribution in [0.4, 0.5) is 5.95 Å². The Balaban J connectivity index is 1.36. The molecule has 0 saturated carbocycles. The maximum Gasteiger partial charge on any atom is 0.225 e. The molecular weight excluding hydrogens is 326 g/mol. The molecule has 0 unspecified atom stereocenters. The van der Waals surface area contributed by atoms with Crippen LogP contribution in [0.2, 0.25) is 0 Å². The topological polar surface area (TPSA) is 61.4 Å². The second kappa shape index (κ2) is 7.83. The normalized spacial score (nSPS) is 20.4. The number of amides is 1. The van der Waals surface area contributed by atoms with Crippen molar-refractivity contribution in [1.29, 1.82) is 0 Å². The zero-order valence-corrected chi connectivity index (χ0v) is 15.0. The van der Waals surface area contributed by atoms with Gasteiger partial charge in [0.05, 0.1) is 5.69 Å². The van der Waals surface area contributed by atoms with Gasteiger partial charge in [-0.3, -0.25) is 4.79 Å². The number of nitrogens with one attached hydrogen (secondary N) is 1. The maximum absolute atomic E-state index is 12.5. The van der Waals surface area contributed by atoms with Crippen LogP contribution in [0.3, 0.4) is 0 Å². The Bertz CT molecular complexity index is 737. The minimum absolute atomic E-state index is 0.289. The number of hydrogen-bond acceptors (Lipinski definition) is 5. The molecule has 0 radical (unpaired) electrons. The Labute approximate surface area is 154 Å². The number of anilines is 1. The third kappa shape index (κ3) is 3.85. The molecule has 6 nitrogen and oxygen atoms in total. The van der Waals surface area contributed by atoms with Gasteiger partial charge in [-0.25, -0.2) is 9.97 Å². The fourth-order valence-corrected chi connectivity index (χ4v) is 3.69. The summed E-state index contributed by atoms with van der Waals surface area (Å²) < 4.78 is 0. The van der Waals surface area contributed by atoms with Crippen molar-refractivity contribution in [2.24, 2.45) is 5.92 Å². The highest BCUT2D eigenvalue weighted by Crippen LogP contribution is 2.20. The molecule has 2 aromatic rings. The molecule has 3 heterocycles. The number of carbonyl (C=O) groups excluding carboxylic acids is 1. The van der Waals surface area contributed by atoms with E-state index in [0.717, 1.165) is 62.9 Å². The van der Waals surface area contributed by atoms with Crippen LogP contribution >= 0.6 is 0 Å². The first-order valence-corrected chi connectivity index (χ1v) is 9.41. The quantitative estimate of drug-likeness (QED) is 0.910. The lowest BCUT2D eigenvalue weighted by Gasteiger charge is -2.35. The van der Waals surface area contributed by atoms with Gasteiger partial charge in [0.2, 0.25) is 11.9 Å². The molecule has 2 aliphatic rings. The number of carbonyl (C=O) groups is 1. The summed E-state index contributed by atoms with van der Waals surface area (Å²) in [5, 5.41) is 3.33. The van der Waals surface area contributed by atoms with E-state index in [0.29, 0.717) is 12.3 Å². The van der Waals surface area contributed by atoms with E-state index in [-0.39, 0.29) is 5.91 Å². The third-order valence-electron chi connectivity index (χ3n) is 5.25. The second-order valence-electron chi connectivity index (χ2n) is 7.04. The minimum atomic E-state index is 0.289. The van der Waals surface area contributed by atoms with E-state index in [1.807, 2.05) is 35.4 Å². The Morgan fingerprint density at radius 3 is 2.65 bits per heavy atom. The number of aromatic nitrogens is 2. The van der Waals surface area contributed by atoms with Crippen LogP contribution in [-0.4, -0.2) is 60.0 Å². The molecule has 1 aromatic carbocycles. The van der Waals surface area contributed by atoms with Crippen molar-refractivity contribution in [2.75, 3.05) is 44.2 Å². The first-order valence-electron chi connectivity index (χ1n) is 9.41. The average molecular weight is 351 g/mol. The van der Waals surface area contributed by atoms with Crippen LogP contribution in [0.15, 0.2) is 42.6 Å². The Kier molecular flexibility index (Phi) is 5.11. The van der Waals surface area contributed by atoms with Gasteiger partial charge < -0.3 is 15.1 Å². The van der Waals surface area contributed by atoms with Crippen LogP contribution in [0, 0.1) is 5.92 Å². The third-order valence-corrected chi connectivity index (χ3v) is 5.25. The van der Waals surface area contributed by atoms with E-state index >= 15 is 0 Å². The van der Waals surface area contributed by atoms with Crippen molar-refractivity contribution < 1.29 is 4.79 Å². The standard InChI is InChI=1S/C20H25N5O/c26-19(14-16-6-8-21-15-16)24-10-12-25(13-11-24)20-22-9-7-18(23-20)17-4-2-1-3-5-17/h1-5,7,9,16,21H,6,8,10-15H2/t16-/m1/s1. The number of benzene rings is 1. The Hall–Kier alpha value is -2.47. The van der Waals surface area contributed by atoms with E-state index in [1.54, 1.807) is 0 Å². The lowest BCUT2D eigenvalue weighted by atomic mass is 10.0. The van der Waals surface area contributed by atoms with E-state index in [4.69, 9.17) is 4.98 Å². The molecule has 6 heteroatoms. The molecule has 1 aromatic heterocycles. The highest BCUT2D eigenvalue weighted by molar-refractivity contribution is 5.76. The van der Waals surface area contributed by atoms with Crippen LogP contribution < -0.4 is 10.2 Å². The van der Waals surface area contributed by atoms with Crippen molar-refractivity contribution in [3.8, 4) is 11.3 Å². The fourth-order valence-electron chi connectivity index (χ4n) is 3.69. The summed E-state index contributed by atoms with van der Waals surface area (Å²) >= 11 is 0. The predicted octanol–water partition coefficient (Wildman–Crippen LogP) is 1.79. The van der Waals surface area contributed by atoms with Crippen LogP contribution in [0.1, 0.15) is 12.8 Å². The number of nitrogens with zero attached hydrogens (tertiary/aromatic N) is 4. The number of piperazine rings is 1. The summed E-state index contributed by atoms with van der Waals surface area (Å²) in [5.74, 6) is 1.54. The molecule has 1 atom stereocenters. The molecule has 0 aliphatic carbocycles. The highest BCUT2D eigenvalue weighted by Gasteiger charge is 2.25. The van der Waals surface area contributed by atoms with Gasteiger partial charge in [-0.05, 0) is 31.5 Å². The smallest absolute Gasteiger partial charge is 0.225 e. The Morgan fingerprint density at radius 1 is 1.12 bits per heavy atom. The first-order chi connectivity index (χ1) is 12.8. The molecule has 0 bridgehead atoms. The van der Waals surface area contributed by atoms with Crippen LogP contribution in [-0.2, 0) is 4.79 Å². The zero-order chi connectivity index (χ0) is 17.8. The lowest BCUT2D eigenvalue weighted by Crippen LogP contribution is -2.49. The molecular formula is C20H25N5O. The van der Waals surface area contributed by atoms with Gasteiger partial charge in [-0.1, -0.05) is 30.3 Å². The van der Waals surface area contributed by atoms with Crippen molar-refractivity contribution in [1.82, 2.24) is 20.2 Å². The van der Waals surface area contributed by atoms with Gasteiger partial charge in [0.1, 0.15) is 0 Å². The summed E-state index contributed by atoms with van der Waals surface area (Å²) in [5.41, 5.74) is 2.03. The van der Waals surface area contributed by atoms with E-state index in [1.165, 1.54) is 0 Å². The second-order valence-corrected chi connectivity index (χ2v) is 7.04. The molecule has 2 aliphatic heterocycles. The predicted molar refractivity (Wildman–Crippen MR) is 102 cm³/mol. The number of rotatable bonds is 4. The van der Waals surface area contributed by atoms with Gasteiger partial charge in [0.15, 0.2) is 0 Å². The molecule has 2 saturated heterocycles. The summed E-state index contributed by atoms with van der Waals surface area (Å²) in [7, 11) is 0. The van der Waals surface area contributed by atoms with Crippen molar-refractivity contribution in [2.45, 2.75) is 12.8 Å². The van der Waals surface area contributed by atoms with Gasteiger partial charge >= 0.3 is 0 Å². The molecule has 4 rings (SSSR count). The summed E-state index contributed by atoms with van der Waals surface area (Å²) in [6, 6.07) is 12.1. The van der Waals surface area contributed by atoms with E-state index < -0.39 is 0 Å². The van der Waals surface area contributed by atoms with Crippen molar-refractivity contribution >= 4 is 11.9 Å². The van der Waals surface area contributed by atoms with E-state index in [2.05, 4.69) is 27.3 Å². The molecule has 136 valence electrons. The molecule has 1 amide bonds.